The van der Waals surface area contributed by atoms with Crippen molar-refractivity contribution >= 4 is 74.8 Å². The maximum Gasteiger partial charge on any atom is 0.245 e. The SMILES string of the molecule is CC1(C)SSCC(C(=O)N[C@@H](CCCN=C(N)N)C(N)=O)NC(=O)[C@H](Cc2ccccc2)NC(=O)[C@H](CO)NC(=O)CNC(=O)[C@H](Cc2ccc(O)cc2)NC(=O)[C@H]1NC(=O)[C@@H](N)Cc1ccc(O)cc1. The second-order valence-corrected chi connectivity index (χ2v) is 20.1. The van der Waals surface area contributed by atoms with Crippen molar-refractivity contribution in [3.05, 3.63) is 95.6 Å². The van der Waals surface area contributed by atoms with Crippen LogP contribution in [-0.4, -0.2) is 141 Å². The fraction of sp³-hybridized carbons (Fsp3) is 0.413. The number of aliphatic hydroxyl groups excluding tert-OH is 1. The molecule has 0 bridgehead atoms. The number of aliphatic imine (C=N–C) groups is 1. The minimum Gasteiger partial charge on any atom is -0.508 e. The van der Waals surface area contributed by atoms with Crippen molar-refractivity contribution in [2.24, 2.45) is 27.9 Å². The first-order valence-corrected chi connectivity index (χ1v) is 24.7. The van der Waals surface area contributed by atoms with Crippen LogP contribution in [0.3, 0.4) is 0 Å². The van der Waals surface area contributed by atoms with Gasteiger partial charge in [-0.2, -0.15) is 0 Å². The van der Waals surface area contributed by atoms with Crippen molar-refractivity contribution in [3.8, 4) is 11.5 Å². The summed E-state index contributed by atoms with van der Waals surface area (Å²) in [7, 11) is 2.00. The molecule has 0 aliphatic carbocycles. The molecular formula is C46H62N12O11S2. The number of carbonyl (C=O) groups excluding carboxylic acids is 8. The fourth-order valence-corrected chi connectivity index (χ4v) is 9.81. The Kier molecular flexibility index (Phi) is 21.8. The molecule has 1 heterocycles. The summed E-state index contributed by atoms with van der Waals surface area (Å²) < 4.78 is -1.34. The van der Waals surface area contributed by atoms with Crippen LogP contribution in [0, 0.1) is 0 Å². The lowest BCUT2D eigenvalue weighted by molar-refractivity contribution is -0.135. The zero-order valence-electron chi connectivity index (χ0n) is 39.1. The van der Waals surface area contributed by atoms with Crippen LogP contribution in [0.4, 0.5) is 0 Å². The van der Waals surface area contributed by atoms with Gasteiger partial charge in [0.15, 0.2) is 5.96 Å². The molecule has 1 aliphatic rings. The molecule has 1 fully saturated rings. The number of nitrogens with one attached hydrogen (secondary N) is 7. The molecule has 18 N–H and O–H groups in total. The van der Waals surface area contributed by atoms with Crippen LogP contribution in [0.25, 0.3) is 0 Å². The Balaban J connectivity index is 1.76. The lowest BCUT2D eigenvalue weighted by atomic mass is 9.99. The first-order valence-electron chi connectivity index (χ1n) is 22.4. The summed E-state index contributed by atoms with van der Waals surface area (Å²) in [4.78, 5) is 114. The highest BCUT2D eigenvalue weighted by Crippen LogP contribution is 2.39. The first-order chi connectivity index (χ1) is 33.6. The van der Waals surface area contributed by atoms with Crippen LogP contribution in [-0.2, 0) is 57.6 Å². The Bertz CT molecular complexity index is 2360. The Morgan fingerprint density at radius 3 is 1.92 bits per heavy atom. The number of phenolic OH excluding ortho intramolecular Hbond substituents is 2. The molecule has 25 heteroatoms. The van der Waals surface area contributed by atoms with E-state index in [0.29, 0.717) is 16.7 Å². The van der Waals surface area contributed by atoms with Gasteiger partial charge < -0.3 is 75.5 Å². The average Bonchev–Trinajstić information content (AvgIpc) is 3.32. The molecule has 0 spiro atoms. The van der Waals surface area contributed by atoms with Crippen LogP contribution >= 0.6 is 21.6 Å². The number of carbonyl (C=O) groups is 8. The van der Waals surface area contributed by atoms with Gasteiger partial charge in [0.25, 0.3) is 0 Å². The second kappa shape index (κ2) is 27.3. The van der Waals surface area contributed by atoms with E-state index in [0.717, 1.165) is 21.6 Å². The third-order valence-corrected chi connectivity index (χ3v) is 14.2. The highest BCUT2D eigenvalue weighted by molar-refractivity contribution is 8.77. The van der Waals surface area contributed by atoms with E-state index in [1.54, 1.807) is 56.3 Å². The third-order valence-electron chi connectivity index (χ3n) is 10.9. The van der Waals surface area contributed by atoms with E-state index in [2.05, 4.69) is 42.2 Å². The van der Waals surface area contributed by atoms with Crippen LogP contribution in [0.5, 0.6) is 11.5 Å². The molecule has 1 saturated heterocycles. The number of nitrogens with zero attached hydrogens (tertiary/aromatic N) is 1. The molecule has 7 atom stereocenters. The molecular weight excluding hydrogens is 961 g/mol. The highest BCUT2D eigenvalue weighted by atomic mass is 33.1. The smallest absolute Gasteiger partial charge is 0.245 e. The van der Waals surface area contributed by atoms with Crippen molar-refractivity contribution in [1.82, 2.24) is 37.2 Å². The number of nitrogens with two attached hydrogens (primary N) is 4. The normalized spacial score (nSPS) is 21.3. The second-order valence-electron chi connectivity index (χ2n) is 17.1. The van der Waals surface area contributed by atoms with E-state index in [4.69, 9.17) is 22.9 Å². The quantitative estimate of drug-likeness (QED) is 0.0298. The molecule has 0 saturated carbocycles. The standard InChI is InChI=1S/C46H62N12O11S2/c1-46(2)37(58-39(64)30(47)19-26-10-14-28(60)15-11-26)44(69)56-32(21-27-12-16-29(61)17-13-27)40(65)52-22-36(62)53-34(23-59)42(67)55-33(20-25-7-4-3-5-8-25)41(66)57-35(24-70-71-46)43(68)54-31(38(48)63)9-6-18-51-45(49)50/h3-5,7-8,10-17,30-35,37,59-61H,6,9,18-24,47H2,1-2H3,(H2,48,63)(H,52,65)(H,53,62)(H,54,68)(H,55,67)(H,56,69)(H,57,66)(H,58,64)(H4,49,50,51)/t30-,31-,32-,33-,34-,35?,37+/m0/s1. The Morgan fingerprint density at radius 2 is 1.32 bits per heavy atom. The number of aliphatic hydroxyl groups is 1. The molecule has 1 aliphatic heterocycles. The van der Waals surface area contributed by atoms with Crippen LogP contribution in [0.15, 0.2) is 83.9 Å². The van der Waals surface area contributed by atoms with Gasteiger partial charge in [-0.3, -0.25) is 43.3 Å². The van der Waals surface area contributed by atoms with E-state index in [9.17, 15) is 53.7 Å². The molecule has 1 unspecified atom stereocenters. The number of primary amides is 1. The van der Waals surface area contributed by atoms with Crippen LogP contribution in [0.2, 0.25) is 0 Å². The summed E-state index contributed by atoms with van der Waals surface area (Å²) in [6.07, 6.45) is -0.0839. The predicted molar refractivity (Wildman–Crippen MR) is 267 cm³/mol. The summed E-state index contributed by atoms with van der Waals surface area (Å²) in [5.74, 6) is -7.62. The van der Waals surface area contributed by atoms with Gasteiger partial charge in [0.2, 0.25) is 47.3 Å². The topological polar surface area (TPSA) is 398 Å². The zero-order chi connectivity index (χ0) is 52.3. The van der Waals surface area contributed by atoms with Gasteiger partial charge in [-0.1, -0.05) is 76.2 Å². The van der Waals surface area contributed by atoms with Gasteiger partial charge in [0, 0.05) is 29.9 Å². The minimum absolute atomic E-state index is 0.00332. The molecule has 0 radical (unpaired) electrons. The maximum atomic E-state index is 14.6. The number of rotatable bonds is 16. The van der Waals surface area contributed by atoms with Gasteiger partial charge in [-0.05, 0) is 74.1 Å². The molecule has 4 rings (SSSR count). The van der Waals surface area contributed by atoms with Crippen molar-refractivity contribution < 1.29 is 53.7 Å². The number of amides is 8. The summed E-state index contributed by atoms with van der Waals surface area (Å²) >= 11 is 0. The van der Waals surface area contributed by atoms with Gasteiger partial charge >= 0.3 is 0 Å². The largest absolute Gasteiger partial charge is 0.508 e. The van der Waals surface area contributed by atoms with Crippen molar-refractivity contribution in [2.45, 2.75) is 93.0 Å². The number of hydrogen-bond donors (Lipinski definition) is 14. The van der Waals surface area contributed by atoms with Crippen LogP contribution < -0.4 is 60.2 Å². The Hall–Kier alpha value is -7.09. The lowest BCUT2D eigenvalue weighted by Gasteiger charge is -2.35. The minimum atomic E-state index is -1.64. The van der Waals surface area contributed by atoms with E-state index in [1.165, 1.54) is 36.4 Å². The molecule has 3 aromatic carbocycles. The van der Waals surface area contributed by atoms with E-state index >= 15 is 0 Å². The number of benzene rings is 3. The van der Waals surface area contributed by atoms with E-state index in [1.807, 2.05) is 0 Å². The number of aromatic hydroxyl groups is 2. The zero-order valence-corrected chi connectivity index (χ0v) is 40.7. The Labute approximate surface area is 417 Å². The molecule has 3 aromatic rings. The van der Waals surface area contributed by atoms with Crippen molar-refractivity contribution in [3.63, 3.8) is 0 Å². The van der Waals surface area contributed by atoms with Crippen LogP contribution in [0.1, 0.15) is 43.4 Å². The number of hydrogen-bond acceptors (Lipinski definition) is 15. The highest BCUT2D eigenvalue weighted by Gasteiger charge is 2.41. The number of guanidine groups is 1. The van der Waals surface area contributed by atoms with Gasteiger partial charge in [0.1, 0.15) is 47.8 Å². The number of phenols is 2. The monoisotopic (exact) mass is 1020 g/mol. The summed E-state index contributed by atoms with van der Waals surface area (Å²) in [5, 5.41) is 47.9. The molecule has 23 nitrogen and oxygen atoms in total. The molecule has 8 amide bonds. The fourth-order valence-electron chi connectivity index (χ4n) is 7.00. The van der Waals surface area contributed by atoms with Gasteiger partial charge in [-0.25, -0.2) is 0 Å². The maximum absolute atomic E-state index is 14.6. The summed E-state index contributed by atoms with van der Waals surface area (Å²) in [5.41, 5.74) is 24.5. The molecule has 0 aromatic heterocycles. The van der Waals surface area contributed by atoms with E-state index in [-0.39, 0.29) is 61.9 Å². The lowest BCUT2D eigenvalue weighted by Crippen LogP contribution is -2.62. The first kappa shape index (κ1) is 56.5. The van der Waals surface area contributed by atoms with Crippen molar-refractivity contribution in [2.75, 3.05) is 25.4 Å². The van der Waals surface area contributed by atoms with Crippen molar-refractivity contribution in [1.29, 1.82) is 0 Å². The van der Waals surface area contributed by atoms with Gasteiger partial charge in [-0.15, -0.1) is 0 Å². The predicted octanol–water partition coefficient (Wildman–Crippen LogP) is -2.82. The molecule has 71 heavy (non-hydrogen) atoms. The average molecular weight is 1020 g/mol. The van der Waals surface area contributed by atoms with Gasteiger partial charge in [0.05, 0.1) is 19.2 Å². The summed E-state index contributed by atoms with van der Waals surface area (Å²) in [6.45, 7) is 1.61. The third kappa shape index (κ3) is 18.6. The Morgan fingerprint density at radius 1 is 0.761 bits per heavy atom. The van der Waals surface area contributed by atoms with E-state index < -0.39 is 107 Å². The summed E-state index contributed by atoms with van der Waals surface area (Å²) in [6, 6.07) is 10.3. The molecule has 384 valence electrons.